The van der Waals surface area contributed by atoms with Crippen LogP contribution in [0.1, 0.15) is 24.5 Å². The van der Waals surface area contributed by atoms with E-state index in [0.717, 1.165) is 22.5 Å². The zero-order valence-corrected chi connectivity index (χ0v) is 18.6. The molecule has 0 saturated heterocycles. The van der Waals surface area contributed by atoms with Crippen molar-refractivity contribution in [3.63, 3.8) is 0 Å². The summed E-state index contributed by atoms with van der Waals surface area (Å²) in [7, 11) is -1.58. The molecule has 0 fully saturated rings. The molecule has 0 aliphatic rings. The van der Waals surface area contributed by atoms with Gasteiger partial charge in [-0.15, -0.1) is 0 Å². The smallest absolute Gasteiger partial charge is 0.416 e. The van der Waals surface area contributed by atoms with Gasteiger partial charge >= 0.3 is 12.1 Å². The van der Waals surface area contributed by atoms with Gasteiger partial charge in [0.2, 0.25) is 10.0 Å². The van der Waals surface area contributed by atoms with E-state index >= 15 is 0 Å². The van der Waals surface area contributed by atoms with Crippen LogP contribution in [0.5, 0.6) is 11.5 Å². The van der Waals surface area contributed by atoms with E-state index in [4.69, 9.17) is 14.2 Å². The molecule has 0 unspecified atom stereocenters. The number of methoxy groups -OCH3 is 2. The van der Waals surface area contributed by atoms with Crippen LogP contribution in [0.25, 0.3) is 0 Å². The third kappa shape index (κ3) is 6.36. The summed E-state index contributed by atoms with van der Waals surface area (Å²) in [6, 6.07) is 8.19. The van der Waals surface area contributed by atoms with Crippen LogP contribution in [-0.4, -0.2) is 46.1 Å². The molecule has 32 heavy (non-hydrogen) atoms. The Morgan fingerprint density at radius 2 is 1.78 bits per heavy atom. The van der Waals surface area contributed by atoms with Crippen LogP contribution in [0.2, 0.25) is 0 Å². The summed E-state index contributed by atoms with van der Waals surface area (Å²) >= 11 is 0. The van der Waals surface area contributed by atoms with Crippen LogP contribution in [-0.2, 0) is 32.3 Å². The molecule has 0 heterocycles. The molecule has 0 aromatic heterocycles. The van der Waals surface area contributed by atoms with Crippen LogP contribution in [0.3, 0.4) is 0 Å². The van der Waals surface area contributed by atoms with E-state index in [0.29, 0.717) is 23.1 Å². The van der Waals surface area contributed by atoms with Crippen LogP contribution < -0.4 is 9.47 Å². The first-order valence-electron chi connectivity index (χ1n) is 9.56. The van der Waals surface area contributed by atoms with E-state index in [9.17, 15) is 26.4 Å². The molecule has 0 aliphatic heterocycles. The number of halogens is 3. The van der Waals surface area contributed by atoms with E-state index in [1.807, 2.05) is 0 Å². The number of ether oxygens (including phenoxy) is 3. The lowest BCUT2D eigenvalue weighted by molar-refractivity contribution is -0.143. The third-order valence-electron chi connectivity index (χ3n) is 4.50. The molecule has 0 N–H and O–H groups in total. The molecule has 0 bridgehead atoms. The van der Waals surface area contributed by atoms with Crippen LogP contribution in [0.4, 0.5) is 13.2 Å². The number of carbonyl (C=O) groups is 1. The van der Waals surface area contributed by atoms with Gasteiger partial charge in [-0.05, 0) is 43.3 Å². The number of alkyl halides is 3. The van der Waals surface area contributed by atoms with E-state index < -0.39 is 32.6 Å². The van der Waals surface area contributed by atoms with Crippen molar-refractivity contribution in [2.75, 3.05) is 27.4 Å². The molecule has 0 atom stereocenters. The number of hydrogen-bond donors (Lipinski definition) is 0. The van der Waals surface area contributed by atoms with Gasteiger partial charge < -0.3 is 14.2 Å². The van der Waals surface area contributed by atoms with Gasteiger partial charge in [0.05, 0.1) is 37.7 Å². The number of sulfonamides is 1. The third-order valence-corrected chi connectivity index (χ3v) is 6.35. The highest BCUT2D eigenvalue weighted by Crippen LogP contribution is 2.32. The molecule has 2 aromatic carbocycles. The molecule has 0 saturated carbocycles. The van der Waals surface area contributed by atoms with Gasteiger partial charge in [0.1, 0.15) is 11.5 Å². The quantitative estimate of drug-likeness (QED) is 0.486. The molecular weight excluding hydrogens is 451 g/mol. The predicted octanol–water partition coefficient (Wildman–Crippen LogP) is 3.87. The zero-order chi connectivity index (χ0) is 23.9. The van der Waals surface area contributed by atoms with Crippen molar-refractivity contribution in [1.29, 1.82) is 0 Å². The largest absolute Gasteiger partial charge is 0.497 e. The van der Waals surface area contributed by atoms with Crippen molar-refractivity contribution in [3.8, 4) is 11.5 Å². The van der Waals surface area contributed by atoms with E-state index in [2.05, 4.69) is 0 Å². The Morgan fingerprint density at radius 1 is 1.06 bits per heavy atom. The SMILES string of the molecule is CCOC(=O)CCN(Cc1cc(OC)ccc1OC)S(=O)(=O)c1cccc(C(F)(F)F)c1. The zero-order valence-electron chi connectivity index (χ0n) is 17.8. The van der Waals surface area contributed by atoms with Gasteiger partial charge in [-0.3, -0.25) is 4.79 Å². The average Bonchev–Trinajstić information content (AvgIpc) is 2.76. The summed E-state index contributed by atoms with van der Waals surface area (Å²) < 4.78 is 82.1. The van der Waals surface area contributed by atoms with Gasteiger partial charge in [-0.2, -0.15) is 17.5 Å². The normalized spacial score (nSPS) is 12.0. The van der Waals surface area contributed by atoms with Crippen molar-refractivity contribution in [1.82, 2.24) is 4.31 Å². The predicted molar refractivity (Wildman–Crippen MR) is 110 cm³/mol. The Labute approximate surface area is 184 Å². The molecule has 0 radical (unpaired) electrons. The molecule has 11 heteroatoms. The van der Waals surface area contributed by atoms with Gasteiger partial charge in [-0.1, -0.05) is 6.07 Å². The minimum Gasteiger partial charge on any atom is -0.497 e. The van der Waals surface area contributed by atoms with E-state index in [1.165, 1.54) is 14.2 Å². The highest BCUT2D eigenvalue weighted by atomic mass is 32.2. The van der Waals surface area contributed by atoms with Crippen LogP contribution >= 0.6 is 0 Å². The number of benzene rings is 2. The summed E-state index contributed by atoms with van der Waals surface area (Å²) in [6.45, 7) is 1.15. The minimum atomic E-state index is -4.71. The number of carbonyl (C=O) groups excluding carboxylic acids is 1. The minimum absolute atomic E-state index is 0.114. The van der Waals surface area contributed by atoms with Crippen LogP contribution in [0.15, 0.2) is 47.4 Å². The Balaban J connectivity index is 2.48. The fraction of sp³-hybridized carbons (Fsp3) is 0.381. The molecule has 2 aromatic rings. The number of esters is 1. The first-order chi connectivity index (χ1) is 15.0. The lowest BCUT2D eigenvalue weighted by atomic mass is 10.2. The fourth-order valence-electron chi connectivity index (χ4n) is 2.91. The summed E-state index contributed by atoms with van der Waals surface area (Å²) in [5.41, 5.74) is -0.686. The molecular formula is C21H24F3NO6S. The van der Waals surface area contributed by atoms with Crippen molar-refractivity contribution < 1.29 is 40.6 Å². The molecule has 176 valence electrons. The Bertz CT molecular complexity index is 1040. The Morgan fingerprint density at radius 3 is 2.38 bits per heavy atom. The fourth-order valence-corrected chi connectivity index (χ4v) is 4.38. The van der Waals surface area contributed by atoms with Gasteiger partial charge in [0.25, 0.3) is 0 Å². The second-order valence-electron chi connectivity index (χ2n) is 6.60. The standard InChI is InChI=1S/C21H24F3NO6S/c1-4-31-20(26)10-11-25(14-15-12-17(29-2)8-9-19(15)30-3)32(27,28)18-7-5-6-16(13-18)21(22,23)24/h5-9,12-13H,4,10-11,14H2,1-3H3. The maximum absolute atomic E-state index is 13.3. The molecule has 7 nitrogen and oxygen atoms in total. The van der Waals surface area contributed by atoms with Crippen molar-refractivity contribution in [2.45, 2.75) is 31.0 Å². The highest BCUT2D eigenvalue weighted by Gasteiger charge is 2.33. The molecule has 0 spiro atoms. The first-order valence-corrected chi connectivity index (χ1v) is 11.0. The molecule has 0 amide bonds. The average molecular weight is 475 g/mol. The summed E-state index contributed by atoms with van der Waals surface area (Å²) in [5, 5.41) is 0. The van der Waals surface area contributed by atoms with Gasteiger partial charge in [0, 0.05) is 18.7 Å². The lowest BCUT2D eigenvalue weighted by Gasteiger charge is -2.23. The first kappa shape index (κ1) is 25.5. The van der Waals surface area contributed by atoms with E-state index in [-0.39, 0.29) is 26.1 Å². The summed E-state index contributed by atoms with van der Waals surface area (Å²) in [4.78, 5) is 11.3. The maximum Gasteiger partial charge on any atom is 0.416 e. The van der Waals surface area contributed by atoms with Gasteiger partial charge in [0.15, 0.2) is 0 Å². The molecule has 0 aliphatic carbocycles. The monoisotopic (exact) mass is 475 g/mol. The topological polar surface area (TPSA) is 82.1 Å². The number of rotatable bonds is 10. The second-order valence-corrected chi connectivity index (χ2v) is 8.53. The van der Waals surface area contributed by atoms with Crippen LogP contribution in [0, 0.1) is 0 Å². The second kappa shape index (κ2) is 10.7. The summed E-state index contributed by atoms with van der Waals surface area (Å²) in [6.07, 6.45) is -4.99. The molecule has 2 rings (SSSR count). The van der Waals surface area contributed by atoms with E-state index in [1.54, 1.807) is 25.1 Å². The van der Waals surface area contributed by atoms with Crippen molar-refractivity contribution >= 4 is 16.0 Å². The number of hydrogen-bond acceptors (Lipinski definition) is 6. The highest BCUT2D eigenvalue weighted by molar-refractivity contribution is 7.89. The Kier molecular flexibility index (Phi) is 8.51. The van der Waals surface area contributed by atoms with Gasteiger partial charge in [-0.25, -0.2) is 8.42 Å². The van der Waals surface area contributed by atoms with Crippen molar-refractivity contribution in [2.24, 2.45) is 0 Å². The van der Waals surface area contributed by atoms with Crippen molar-refractivity contribution in [3.05, 3.63) is 53.6 Å². The lowest BCUT2D eigenvalue weighted by Crippen LogP contribution is -2.33. The Hall–Kier alpha value is -2.79. The number of nitrogens with zero attached hydrogens (tertiary/aromatic N) is 1. The maximum atomic E-state index is 13.3. The summed E-state index contributed by atoms with van der Waals surface area (Å²) in [5.74, 6) is 0.156.